The summed E-state index contributed by atoms with van der Waals surface area (Å²) in [4.78, 5) is 12.6. The maximum atomic E-state index is 13.8. The van der Waals surface area contributed by atoms with Gasteiger partial charge in [0.1, 0.15) is 16.4 Å². The average molecular weight is 459 g/mol. The van der Waals surface area contributed by atoms with Crippen LogP contribution in [-0.4, -0.2) is 28.5 Å². The van der Waals surface area contributed by atoms with Crippen LogP contribution in [0.1, 0.15) is 11.1 Å². The second-order valence-corrected chi connectivity index (χ2v) is 9.21. The summed E-state index contributed by atoms with van der Waals surface area (Å²) in [6.45, 7) is 0. The van der Waals surface area contributed by atoms with Gasteiger partial charge in [-0.1, -0.05) is 41.9 Å². The number of nitrogens with two attached hydrogens (primary N) is 1. The van der Waals surface area contributed by atoms with Gasteiger partial charge in [-0.2, -0.15) is 0 Å². The first kappa shape index (κ1) is 21.2. The number of hydrogen-bond donors (Lipinski definition) is 2. The Morgan fingerprint density at radius 1 is 1.00 bits per heavy atom. The van der Waals surface area contributed by atoms with Gasteiger partial charge < -0.3 is 20.5 Å². The van der Waals surface area contributed by atoms with E-state index in [4.69, 9.17) is 26.8 Å². The summed E-state index contributed by atoms with van der Waals surface area (Å²) in [5.74, 6) is -0.0452. The molecule has 1 aliphatic heterocycles. The maximum Gasteiger partial charge on any atom is 0.253 e. The molecule has 7 nitrogen and oxygen atoms in total. The van der Waals surface area contributed by atoms with Gasteiger partial charge in [0.2, 0.25) is 9.84 Å². The predicted molar refractivity (Wildman–Crippen MR) is 116 cm³/mol. The number of carbonyl (C=O) groups is 1. The first-order chi connectivity index (χ1) is 14.7. The van der Waals surface area contributed by atoms with Crippen LogP contribution in [0.4, 0.5) is 5.69 Å². The van der Waals surface area contributed by atoms with Gasteiger partial charge in [0, 0.05) is 17.3 Å². The zero-order valence-electron chi connectivity index (χ0n) is 16.7. The van der Waals surface area contributed by atoms with Crippen molar-refractivity contribution in [2.24, 2.45) is 5.73 Å². The van der Waals surface area contributed by atoms with Gasteiger partial charge in [-0.25, -0.2) is 8.42 Å². The molecule has 1 aliphatic rings. The number of hydrogen-bond acceptors (Lipinski definition) is 6. The summed E-state index contributed by atoms with van der Waals surface area (Å²) in [5.41, 5.74) is 5.68. The Morgan fingerprint density at radius 2 is 1.71 bits per heavy atom. The lowest BCUT2D eigenvalue weighted by atomic mass is 9.85. The number of carbonyl (C=O) groups excluding carboxylic acids is 1. The van der Waals surface area contributed by atoms with Crippen molar-refractivity contribution in [3.63, 3.8) is 0 Å². The molecule has 9 heteroatoms. The lowest BCUT2D eigenvalue weighted by Gasteiger charge is -2.25. The van der Waals surface area contributed by atoms with Crippen LogP contribution in [0, 0.1) is 0 Å². The number of rotatable bonds is 5. The zero-order chi connectivity index (χ0) is 22.4. The SMILES string of the molecule is COc1ccc(S(=O)(=O)c2c(Cl)ccc3c2C(N)(c2ccccc2)C(=O)N3)c(OC)c1. The van der Waals surface area contributed by atoms with Crippen molar-refractivity contribution in [3.05, 3.63) is 76.8 Å². The number of nitrogens with one attached hydrogen (secondary N) is 1. The Morgan fingerprint density at radius 3 is 2.35 bits per heavy atom. The smallest absolute Gasteiger partial charge is 0.253 e. The van der Waals surface area contributed by atoms with E-state index in [1.807, 2.05) is 0 Å². The van der Waals surface area contributed by atoms with Crippen LogP contribution < -0.4 is 20.5 Å². The van der Waals surface area contributed by atoms with Crippen molar-refractivity contribution in [1.82, 2.24) is 0 Å². The molecule has 1 heterocycles. The standard InChI is InChI=1S/C22H19ClN2O5S/c1-29-14-8-11-18(17(12-14)30-2)31(27,28)20-15(23)9-10-16-19(20)22(24,21(26)25-16)13-6-4-3-5-7-13/h3-12H,24H2,1-2H3,(H,25,26). The molecule has 1 unspecified atom stereocenters. The van der Waals surface area contributed by atoms with E-state index < -0.39 is 21.3 Å². The van der Waals surface area contributed by atoms with E-state index in [-0.39, 0.29) is 31.8 Å². The summed E-state index contributed by atoms with van der Waals surface area (Å²) >= 11 is 6.42. The monoisotopic (exact) mass is 458 g/mol. The van der Waals surface area contributed by atoms with E-state index >= 15 is 0 Å². The Kier molecular flexibility index (Phi) is 5.17. The van der Waals surface area contributed by atoms with E-state index in [9.17, 15) is 13.2 Å². The fourth-order valence-corrected chi connectivity index (χ4v) is 5.93. The molecule has 0 saturated carbocycles. The number of benzene rings is 3. The van der Waals surface area contributed by atoms with Crippen molar-refractivity contribution < 1.29 is 22.7 Å². The molecular formula is C22H19ClN2O5S. The van der Waals surface area contributed by atoms with E-state index in [0.717, 1.165) is 0 Å². The van der Waals surface area contributed by atoms with Crippen LogP contribution in [0.25, 0.3) is 0 Å². The van der Waals surface area contributed by atoms with Crippen LogP contribution in [-0.2, 0) is 20.2 Å². The van der Waals surface area contributed by atoms with Crippen LogP contribution in [0.2, 0.25) is 5.02 Å². The number of anilines is 1. The molecule has 0 aromatic heterocycles. The Balaban J connectivity index is 2.03. The molecule has 0 saturated heterocycles. The molecule has 3 aromatic rings. The van der Waals surface area contributed by atoms with Crippen molar-refractivity contribution >= 4 is 33.0 Å². The van der Waals surface area contributed by atoms with Gasteiger partial charge in [0.25, 0.3) is 5.91 Å². The molecule has 0 radical (unpaired) electrons. The number of sulfone groups is 1. The highest BCUT2D eigenvalue weighted by atomic mass is 35.5. The van der Waals surface area contributed by atoms with Crippen LogP contribution in [0.5, 0.6) is 11.5 Å². The number of methoxy groups -OCH3 is 2. The van der Waals surface area contributed by atoms with Gasteiger partial charge in [-0.05, 0) is 29.8 Å². The molecule has 3 aromatic carbocycles. The third-order valence-electron chi connectivity index (χ3n) is 5.27. The van der Waals surface area contributed by atoms with Crippen molar-refractivity contribution in [2.45, 2.75) is 15.3 Å². The predicted octanol–water partition coefficient (Wildman–Crippen LogP) is 3.34. The van der Waals surface area contributed by atoms with Gasteiger partial charge >= 0.3 is 0 Å². The topological polar surface area (TPSA) is 108 Å². The normalized spacial score (nSPS) is 17.7. The maximum absolute atomic E-state index is 13.8. The molecule has 3 N–H and O–H groups in total. The van der Waals surface area contributed by atoms with E-state index in [1.165, 1.54) is 44.6 Å². The number of halogens is 1. The summed E-state index contributed by atoms with van der Waals surface area (Å²) in [6, 6.07) is 15.8. The lowest BCUT2D eigenvalue weighted by Crippen LogP contribution is -2.45. The Labute approximate surface area is 184 Å². The summed E-state index contributed by atoms with van der Waals surface area (Å²) < 4.78 is 38.1. The minimum absolute atomic E-state index is 0.0566. The molecule has 1 amide bonds. The minimum atomic E-state index is -4.25. The summed E-state index contributed by atoms with van der Waals surface area (Å²) in [7, 11) is -1.43. The second-order valence-electron chi connectivity index (χ2n) is 6.95. The highest BCUT2D eigenvalue weighted by Gasteiger charge is 2.49. The molecular weight excluding hydrogens is 440 g/mol. The zero-order valence-corrected chi connectivity index (χ0v) is 18.3. The molecule has 0 spiro atoms. The van der Waals surface area contributed by atoms with Crippen molar-refractivity contribution in [1.29, 1.82) is 0 Å². The van der Waals surface area contributed by atoms with Crippen LogP contribution in [0.15, 0.2) is 70.5 Å². The molecule has 31 heavy (non-hydrogen) atoms. The lowest BCUT2D eigenvalue weighted by molar-refractivity contribution is -0.119. The van der Waals surface area contributed by atoms with Gasteiger partial charge in [-0.3, -0.25) is 4.79 Å². The van der Waals surface area contributed by atoms with Gasteiger partial charge in [0.15, 0.2) is 5.54 Å². The highest BCUT2D eigenvalue weighted by Crippen LogP contribution is 2.47. The number of amides is 1. The fourth-order valence-electron chi connectivity index (χ4n) is 3.73. The third kappa shape index (κ3) is 3.15. The molecule has 1 atom stereocenters. The third-order valence-corrected chi connectivity index (χ3v) is 7.57. The van der Waals surface area contributed by atoms with Crippen LogP contribution in [0.3, 0.4) is 0 Å². The summed E-state index contributed by atoms with van der Waals surface area (Å²) in [6.07, 6.45) is 0. The molecule has 0 fully saturated rings. The van der Waals surface area contributed by atoms with Gasteiger partial charge in [-0.15, -0.1) is 0 Å². The second kappa shape index (κ2) is 7.56. The van der Waals surface area contributed by atoms with Crippen LogP contribution >= 0.6 is 11.6 Å². The number of fused-ring (bicyclic) bond motifs is 1. The first-order valence-electron chi connectivity index (χ1n) is 9.21. The molecule has 4 rings (SSSR count). The molecule has 0 bridgehead atoms. The average Bonchev–Trinajstić information content (AvgIpc) is 3.04. The minimum Gasteiger partial charge on any atom is -0.497 e. The fraction of sp³-hybridized carbons (Fsp3) is 0.136. The van der Waals surface area contributed by atoms with E-state index in [2.05, 4.69) is 5.32 Å². The van der Waals surface area contributed by atoms with E-state index in [1.54, 1.807) is 30.3 Å². The summed E-state index contributed by atoms with van der Waals surface area (Å²) in [5, 5.41) is 2.63. The van der Waals surface area contributed by atoms with Gasteiger partial charge in [0.05, 0.1) is 24.1 Å². The molecule has 160 valence electrons. The Bertz CT molecular complexity index is 1290. The highest BCUT2D eigenvalue weighted by molar-refractivity contribution is 7.91. The number of ether oxygens (including phenoxy) is 2. The van der Waals surface area contributed by atoms with E-state index in [0.29, 0.717) is 11.3 Å². The first-order valence-corrected chi connectivity index (χ1v) is 11.1. The molecule has 0 aliphatic carbocycles. The van der Waals surface area contributed by atoms with Crippen molar-refractivity contribution in [3.8, 4) is 11.5 Å². The Hall–Kier alpha value is -3.07. The largest absolute Gasteiger partial charge is 0.497 e. The van der Waals surface area contributed by atoms with Crippen molar-refractivity contribution in [2.75, 3.05) is 19.5 Å². The quantitative estimate of drug-likeness (QED) is 0.607.